The molecule has 0 aliphatic heterocycles. The van der Waals surface area contributed by atoms with Crippen molar-refractivity contribution in [1.29, 1.82) is 0 Å². The minimum atomic E-state index is -1.10. The summed E-state index contributed by atoms with van der Waals surface area (Å²) < 4.78 is 8.05. The van der Waals surface area contributed by atoms with Gasteiger partial charge in [0.2, 0.25) is 0 Å². The molecule has 2 aromatic heterocycles. The first-order chi connectivity index (χ1) is 9.40. The average molecular weight is 356 g/mol. The Morgan fingerprint density at radius 2 is 2.20 bits per heavy atom. The van der Waals surface area contributed by atoms with Crippen molar-refractivity contribution < 1.29 is 9.53 Å². The minimum absolute atomic E-state index is 0.284. The molecule has 0 aromatic carbocycles. The van der Waals surface area contributed by atoms with Crippen LogP contribution in [-0.2, 0) is 11.5 Å². The van der Waals surface area contributed by atoms with Crippen molar-refractivity contribution >= 4 is 41.3 Å². The van der Waals surface area contributed by atoms with Crippen LogP contribution in [0.25, 0.3) is 11.0 Å². The minimum Gasteiger partial charge on any atom is -0.360 e. The van der Waals surface area contributed by atoms with E-state index in [9.17, 15) is 4.79 Å². The van der Waals surface area contributed by atoms with Crippen LogP contribution in [0.2, 0.25) is 25.7 Å². The first-order valence-electron chi connectivity index (χ1n) is 6.46. The zero-order chi connectivity index (χ0) is 14.8. The molecule has 0 spiro atoms. The van der Waals surface area contributed by atoms with Gasteiger partial charge < -0.3 is 4.74 Å². The molecule has 0 unspecified atom stereocenters. The maximum absolute atomic E-state index is 11.2. The summed E-state index contributed by atoms with van der Waals surface area (Å²) in [7, 11) is -1.10. The second-order valence-corrected chi connectivity index (χ2v) is 12.4. The summed E-state index contributed by atoms with van der Waals surface area (Å²) in [6.45, 7) is 7.89. The summed E-state index contributed by atoms with van der Waals surface area (Å²) in [5, 5.41) is 4.36. The summed E-state index contributed by atoms with van der Waals surface area (Å²) in [6.07, 6.45) is 2.44. The quantitative estimate of drug-likeness (QED) is 0.453. The van der Waals surface area contributed by atoms with Gasteiger partial charge >= 0.3 is 0 Å². The summed E-state index contributed by atoms with van der Waals surface area (Å²) >= 11 is 3.35. The number of rotatable bonds is 6. The summed E-state index contributed by atoms with van der Waals surface area (Å²) in [6, 6.07) is 2.93. The molecule has 7 heteroatoms. The molecule has 2 rings (SSSR count). The molecule has 0 radical (unpaired) electrons. The van der Waals surface area contributed by atoms with Gasteiger partial charge in [0.25, 0.3) is 0 Å². The van der Waals surface area contributed by atoms with Crippen LogP contribution in [0.5, 0.6) is 0 Å². The van der Waals surface area contributed by atoms with E-state index in [1.165, 1.54) is 0 Å². The van der Waals surface area contributed by atoms with E-state index >= 15 is 0 Å². The van der Waals surface area contributed by atoms with Crippen molar-refractivity contribution in [2.75, 3.05) is 6.61 Å². The fourth-order valence-corrected chi connectivity index (χ4v) is 2.83. The van der Waals surface area contributed by atoms with Gasteiger partial charge in [-0.25, -0.2) is 4.68 Å². The lowest BCUT2D eigenvalue weighted by Gasteiger charge is -2.15. The smallest absolute Gasteiger partial charge is 0.170 e. The maximum Gasteiger partial charge on any atom is 0.170 e. The third kappa shape index (κ3) is 3.74. The molecule has 0 N–H and O–H groups in total. The van der Waals surface area contributed by atoms with Gasteiger partial charge in [0.15, 0.2) is 6.29 Å². The van der Waals surface area contributed by atoms with Crippen molar-refractivity contribution in [1.82, 2.24) is 14.8 Å². The van der Waals surface area contributed by atoms with Gasteiger partial charge in [0.1, 0.15) is 23.5 Å². The molecule has 0 amide bonds. The number of carbonyl (C=O) groups is 1. The third-order valence-corrected chi connectivity index (χ3v) is 5.04. The number of nitrogens with zero attached hydrogens (tertiary/aromatic N) is 3. The van der Waals surface area contributed by atoms with Crippen LogP contribution in [0, 0.1) is 0 Å². The Bertz CT molecular complexity index is 622. The van der Waals surface area contributed by atoms with Crippen LogP contribution in [0.3, 0.4) is 0 Å². The molecule has 0 saturated heterocycles. The van der Waals surface area contributed by atoms with Gasteiger partial charge in [-0.15, -0.1) is 0 Å². The van der Waals surface area contributed by atoms with E-state index in [2.05, 4.69) is 45.7 Å². The van der Waals surface area contributed by atoms with Gasteiger partial charge in [0.05, 0.1) is 0 Å². The van der Waals surface area contributed by atoms with E-state index in [1.54, 1.807) is 10.9 Å². The number of hydrogen-bond acceptors (Lipinski definition) is 4. The molecule has 2 heterocycles. The monoisotopic (exact) mass is 355 g/mol. The molecule has 0 aliphatic rings. The number of pyridine rings is 1. The van der Waals surface area contributed by atoms with E-state index < -0.39 is 8.07 Å². The van der Waals surface area contributed by atoms with Gasteiger partial charge in [0, 0.05) is 25.4 Å². The highest BCUT2D eigenvalue weighted by Gasteiger charge is 2.14. The number of aldehydes is 1. The highest BCUT2D eigenvalue weighted by atomic mass is 79.9. The van der Waals surface area contributed by atoms with E-state index in [1.807, 2.05) is 6.07 Å². The third-order valence-electron chi connectivity index (χ3n) is 2.90. The molecule has 0 fully saturated rings. The van der Waals surface area contributed by atoms with Crippen molar-refractivity contribution in [2.45, 2.75) is 32.4 Å². The van der Waals surface area contributed by atoms with Crippen LogP contribution >= 0.6 is 15.9 Å². The van der Waals surface area contributed by atoms with Crippen molar-refractivity contribution in [3.8, 4) is 0 Å². The van der Waals surface area contributed by atoms with Gasteiger partial charge in [-0.1, -0.05) is 19.6 Å². The summed E-state index contributed by atoms with van der Waals surface area (Å²) in [5.41, 5.74) is 1.76. The average Bonchev–Trinajstić information content (AvgIpc) is 2.70. The lowest BCUT2D eigenvalue weighted by Crippen LogP contribution is -2.22. The number of ether oxygens (including phenoxy) is 1. The van der Waals surface area contributed by atoms with Crippen molar-refractivity contribution in [3.63, 3.8) is 0 Å². The Morgan fingerprint density at radius 3 is 2.85 bits per heavy atom. The topological polar surface area (TPSA) is 57.0 Å². The molecule has 0 saturated carbocycles. The molecular weight excluding hydrogens is 338 g/mol. The number of hydrogen-bond donors (Lipinski definition) is 0. The van der Waals surface area contributed by atoms with Gasteiger partial charge in [-0.2, -0.15) is 5.10 Å². The molecule has 0 atom stereocenters. The molecule has 0 aliphatic carbocycles. The van der Waals surface area contributed by atoms with Crippen molar-refractivity contribution in [3.05, 3.63) is 22.4 Å². The largest absolute Gasteiger partial charge is 0.360 e. The van der Waals surface area contributed by atoms with Crippen LogP contribution in [0.1, 0.15) is 10.5 Å². The fraction of sp³-hybridized carbons (Fsp3) is 0.462. The predicted octanol–water partition coefficient (Wildman–Crippen LogP) is 3.32. The standard InChI is InChI=1S/C13H18BrN3O2Si/c1-20(2,3)5-4-19-9-17-12(8-18)13-11(16-17)6-10(14)7-15-13/h6-8H,4-5,9H2,1-3H3. The van der Waals surface area contributed by atoms with Crippen molar-refractivity contribution in [2.24, 2.45) is 0 Å². The van der Waals surface area contributed by atoms with Gasteiger partial charge in [-0.05, 0) is 28.0 Å². The molecule has 2 aromatic rings. The Balaban J connectivity index is 2.11. The zero-order valence-corrected chi connectivity index (χ0v) is 14.5. The lowest BCUT2D eigenvalue weighted by molar-refractivity contribution is 0.0758. The number of fused-ring (bicyclic) bond motifs is 1. The second kappa shape index (κ2) is 6.15. The Kier molecular flexibility index (Phi) is 4.72. The SMILES string of the molecule is C[Si](C)(C)CCOCn1nc2cc(Br)cnc2c1C=O. The lowest BCUT2D eigenvalue weighted by atomic mass is 10.3. The van der Waals surface area contributed by atoms with Crippen LogP contribution in [0.15, 0.2) is 16.7 Å². The Hall–Kier alpha value is -1.05. The highest BCUT2D eigenvalue weighted by molar-refractivity contribution is 9.10. The second-order valence-electron chi connectivity index (χ2n) is 5.87. The molecule has 0 bridgehead atoms. The van der Waals surface area contributed by atoms with E-state index in [4.69, 9.17) is 4.74 Å². The Labute approximate surface area is 127 Å². The maximum atomic E-state index is 11.2. The molecular formula is C13H18BrN3O2Si. The first kappa shape index (κ1) is 15.3. The molecule has 5 nitrogen and oxygen atoms in total. The van der Waals surface area contributed by atoms with Crippen LogP contribution < -0.4 is 0 Å². The predicted molar refractivity (Wildman–Crippen MR) is 84.7 cm³/mol. The van der Waals surface area contributed by atoms with Gasteiger partial charge in [-0.3, -0.25) is 9.78 Å². The van der Waals surface area contributed by atoms with E-state index in [0.29, 0.717) is 23.3 Å². The van der Waals surface area contributed by atoms with E-state index in [0.717, 1.165) is 16.8 Å². The first-order valence-corrected chi connectivity index (χ1v) is 11.0. The fourth-order valence-electron chi connectivity index (χ4n) is 1.75. The van der Waals surface area contributed by atoms with Crippen LogP contribution in [0.4, 0.5) is 0 Å². The zero-order valence-electron chi connectivity index (χ0n) is 11.9. The summed E-state index contributed by atoms with van der Waals surface area (Å²) in [4.78, 5) is 15.4. The van der Waals surface area contributed by atoms with E-state index in [-0.39, 0.29) is 6.73 Å². The number of halogens is 1. The summed E-state index contributed by atoms with van der Waals surface area (Å²) in [5.74, 6) is 0. The number of carbonyl (C=O) groups excluding carboxylic acids is 1. The molecule has 20 heavy (non-hydrogen) atoms. The normalized spacial score (nSPS) is 12.0. The Morgan fingerprint density at radius 1 is 1.45 bits per heavy atom. The van der Waals surface area contributed by atoms with Crippen LogP contribution in [-0.4, -0.2) is 35.7 Å². The molecule has 108 valence electrons. The number of aromatic nitrogens is 3. The highest BCUT2D eigenvalue weighted by Crippen LogP contribution is 2.19.